The highest BCUT2D eigenvalue weighted by atomic mass is 35.5. The van der Waals surface area contributed by atoms with E-state index in [1.54, 1.807) is 17.0 Å². The monoisotopic (exact) mass is 269 g/mol. The molecule has 1 heterocycles. The molecule has 0 atom stereocenters. The maximum atomic E-state index is 12.3. The van der Waals surface area contributed by atoms with E-state index in [9.17, 15) is 4.79 Å². The number of nitrogens with zero attached hydrogens (tertiary/aromatic N) is 2. The molecule has 1 aromatic heterocycles. The summed E-state index contributed by atoms with van der Waals surface area (Å²) in [6, 6.07) is 3.51. The molecule has 100 valence electrons. The van der Waals surface area contributed by atoms with Gasteiger partial charge in [-0.3, -0.25) is 4.79 Å². The second-order valence-electron chi connectivity index (χ2n) is 4.28. The fraction of sp³-hybridized carbons (Fsp3) is 0.538. The molecular weight excluding hydrogens is 250 g/mol. The van der Waals surface area contributed by atoms with Crippen LogP contribution in [-0.4, -0.2) is 34.9 Å². The summed E-state index contributed by atoms with van der Waals surface area (Å²) >= 11 is 5.94. The summed E-state index contributed by atoms with van der Waals surface area (Å²) in [4.78, 5) is 18.3. The number of halogens is 1. The van der Waals surface area contributed by atoms with E-state index in [1.165, 1.54) is 0 Å². The van der Waals surface area contributed by atoms with Crippen molar-refractivity contribution in [2.24, 2.45) is 0 Å². The number of rotatable bonds is 5. The van der Waals surface area contributed by atoms with Gasteiger partial charge in [0.25, 0.3) is 5.91 Å². The van der Waals surface area contributed by atoms with Crippen LogP contribution < -0.4 is 5.32 Å². The van der Waals surface area contributed by atoms with Crippen LogP contribution in [0.2, 0.25) is 5.15 Å². The summed E-state index contributed by atoms with van der Waals surface area (Å²) < 4.78 is 0. The third-order valence-corrected chi connectivity index (χ3v) is 2.82. The Kier molecular flexibility index (Phi) is 5.41. The molecule has 1 amide bonds. The molecular formula is C13H20ClN3O. The molecule has 0 unspecified atom stereocenters. The second kappa shape index (κ2) is 6.59. The molecule has 0 saturated heterocycles. The zero-order valence-corrected chi connectivity index (χ0v) is 12.1. The van der Waals surface area contributed by atoms with E-state index in [1.807, 2.05) is 27.7 Å². The lowest BCUT2D eigenvalue weighted by Crippen LogP contribution is -2.36. The Morgan fingerprint density at radius 2 is 2.11 bits per heavy atom. The summed E-state index contributed by atoms with van der Waals surface area (Å²) in [5.74, 6) is 0.615. The third kappa shape index (κ3) is 3.60. The topological polar surface area (TPSA) is 45.2 Å². The summed E-state index contributed by atoms with van der Waals surface area (Å²) in [5.41, 5.74) is 0.571. The van der Waals surface area contributed by atoms with Crippen molar-refractivity contribution in [1.82, 2.24) is 9.88 Å². The normalized spacial score (nSPS) is 10.6. The van der Waals surface area contributed by atoms with E-state index in [0.717, 1.165) is 6.54 Å². The largest absolute Gasteiger partial charge is 0.370 e. The average Bonchev–Trinajstić information content (AvgIpc) is 2.28. The average molecular weight is 270 g/mol. The van der Waals surface area contributed by atoms with Crippen molar-refractivity contribution in [3.05, 3.63) is 22.8 Å². The van der Waals surface area contributed by atoms with Crippen LogP contribution >= 0.6 is 11.6 Å². The highest BCUT2D eigenvalue weighted by molar-refractivity contribution is 6.29. The van der Waals surface area contributed by atoms with Crippen molar-refractivity contribution >= 4 is 23.3 Å². The molecule has 4 nitrogen and oxygen atoms in total. The number of anilines is 1. The van der Waals surface area contributed by atoms with Crippen molar-refractivity contribution in [3.8, 4) is 0 Å². The van der Waals surface area contributed by atoms with Gasteiger partial charge in [-0.25, -0.2) is 4.98 Å². The quantitative estimate of drug-likeness (QED) is 0.836. The molecule has 1 N–H and O–H groups in total. The van der Waals surface area contributed by atoms with Crippen LogP contribution in [0.1, 0.15) is 38.1 Å². The van der Waals surface area contributed by atoms with Gasteiger partial charge in [0, 0.05) is 24.7 Å². The van der Waals surface area contributed by atoms with Crippen molar-refractivity contribution in [3.63, 3.8) is 0 Å². The molecule has 0 saturated carbocycles. The van der Waals surface area contributed by atoms with Crippen molar-refractivity contribution in [2.45, 2.75) is 33.7 Å². The number of carbonyl (C=O) groups excluding carboxylic acids is 1. The number of hydrogen-bond donors (Lipinski definition) is 1. The Labute approximate surface area is 113 Å². The highest BCUT2D eigenvalue weighted by Gasteiger charge is 2.18. The van der Waals surface area contributed by atoms with Gasteiger partial charge in [0.05, 0.1) is 0 Å². The van der Waals surface area contributed by atoms with Crippen molar-refractivity contribution < 1.29 is 4.79 Å². The predicted octanol–water partition coefficient (Wildman–Crippen LogP) is 3.04. The van der Waals surface area contributed by atoms with E-state index < -0.39 is 0 Å². The van der Waals surface area contributed by atoms with Gasteiger partial charge in [0.2, 0.25) is 0 Å². The fourth-order valence-corrected chi connectivity index (χ4v) is 2.01. The van der Waals surface area contributed by atoms with Crippen LogP contribution in [0.25, 0.3) is 0 Å². The Morgan fingerprint density at radius 1 is 1.44 bits per heavy atom. The molecule has 0 spiro atoms. The van der Waals surface area contributed by atoms with Gasteiger partial charge in [-0.05, 0) is 39.8 Å². The second-order valence-corrected chi connectivity index (χ2v) is 4.67. The van der Waals surface area contributed by atoms with E-state index in [4.69, 9.17) is 11.6 Å². The molecule has 0 aliphatic rings. The van der Waals surface area contributed by atoms with Crippen LogP contribution in [0.5, 0.6) is 0 Å². The van der Waals surface area contributed by atoms with Gasteiger partial charge in [-0.1, -0.05) is 11.6 Å². The van der Waals surface area contributed by atoms with E-state index >= 15 is 0 Å². The lowest BCUT2D eigenvalue weighted by molar-refractivity contribution is 0.0717. The number of carbonyl (C=O) groups is 1. The van der Waals surface area contributed by atoms with Gasteiger partial charge >= 0.3 is 0 Å². The molecule has 0 aromatic carbocycles. The zero-order valence-electron chi connectivity index (χ0n) is 11.3. The van der Waals surface area contributed by atoms with Crippen LogP contribution in [0.4, 0.5) is 5.82 Å². The van der Waals surface area contributed by atoms with Gasteiger partial charge < -0.3 is 10.2 Å². The Morgan fingerprint density at radius 3 is 2.61 bits per heavy atom. The lowest BCUT2D eigenvalue weighted by atomic mass is 10.2. The summed E-state index contributed by atoms with van der Waals surface area (Å²) in [7, 11) is 0. The Hall–Kier alpha value is -1.29. The smallest absolute Gasteiger partial charge is 0.254 e. The van der Waals surface area contributed by atoms with Gasteiger partial charge in [-0.2, -0.15) is 0 Å². The highest BCUT2D eigenvalue weighted by Crippen LogP contribution is 2.17. The van der Waals surface area contributed by atoms with Gasteiger partial charge in [0.15, 0.2) is 0 Å². The summed E-state index contributed by atoms with van der Waals surface area (Å²) in [5, 5.41) is 3.39. The number of aromatic nitrogens is 1. The molecule has 0 radical (unpaired) electrons. The van der Waals surface area contributed by atoms with Crippen LogP contribution in [-0.2, 0) is 0 Å². The molecule has 5 heteroatoms. The first kappa shape index (κ1) is 14.8. The minimum absolute atomic E-state index is 0.0176. The number of hydrogen-bond acceptors (Lipinski definition) is 3. The van der Waals surface area contributed by atoms with Crippen LogP contribution in [0.15, 0.2) is 12.1 Å². The Balaban J connectivity index is 3.04. The summed E-state index contributed by atoms with van der Waals surface area (Å²) in [6.07, 6.45) is 0. The van der Waals surface area contributed by atoms with Gasteiger partial charge in [-0.15, -0.1) is 0 Å². The minimum Gasteiger partial charge on any atom is -0.370 e. The van der Waals surface area contributed by atoms with Crippen molar-refractivity contribution in [1.29, 1.82) is 0 Å². The molecule has 18 heavy (non-hydrogen) atoms. The first-order chi connectivity index (χ1) is 8.49. The maximum Gasteiger partial charge on any atom is 0.254 e. The number of amides is 1. The first-order valence-corrected chi connectivity index (χ1v) is 6.59. The molecule has 1 rings (SSSR count). The SMILES string of the molecule is CCNc1cc(C(=O)N(CC)C(C)C)cc(Cl)n1. The third-order valence-electron chi connectivity index (χ3n) is 2.62. The predicted molar refractivity (Wildman–Crippen MR) is 75.3 cm³/mol. The van der Waals surface area contributed by atoms with Gasteiger partial charge in [0.1, 0.15) is 11.0 Å². The first-order valence-electron chi connectivity index (χ1n) is 6.22. The standard InChI is InChI=1S/C13H20ClN3O/c1-5-15-12-8-10(7-11(14)16-12)13(18)17(6-2)9(3)4/h7-9H,5-6H2,1-4H3,(H,15,16). The number of pyridine rings is 1. The molecule has 0 aliphatic heterocycles. The number of nitrogens with one attached hydrogen (secondary N) is 1. The molecule has 1 aromatic rings. The summed E-state index contributed by atoms with van der Waals surface area (Å²) in [6.45, 7) is 9.34. The maximum absolute atomic E-state index is 12.3. The zero-order chi connectivity index (χ0) is 13.7. The van der Waals surface area contributed by atoms with Crippen LogP contribution in [0, 0.1) is 0 Å². The van der Waals surface area contributed by atoms with Crippen LogP contribution in [0.3, 0.4) is 0 Å². The van der Waals surface area contributed by atoms with Crippen molar-refractivity contribution in [2.75, 3.05) is 18.4 Å². The van der Waals surface area contributed by atoms with E-state index in [2.05, 4.69) is 10.3 Å². The fourth-order valence-electron chi connectivity index (χ4n) is 1.80. The lowest BCUT2D eigenvalue weighted by Gasteiger charge is -2.25. The Bertz CT molecular complexity index is 421. The minimum atomic E-state index is -0.0176. The molecule has 0 fully saturated rings. The molecule has 0 bridgehead atoms. The van der Waals surface area contributed by atoms with E-state index in [-0.39, 0.29) is 11.9 Å². The molecule has 0 aliphatic carbocycles. The van der Waals surface area contributed by atoms with E-state index in [0.29, 0.717) is 23.1 Å².